The third-order valence-electron chi connectivity index (χ3n) is 2.79. The molecule has 0 spiro atoms. The molecule has 0 bridgehead atoms. The van der Waals surface area contributed by atoms with Crippen LogP contribution in [0.3, 0.4) is 0 Å². The summed E-state index contributed by atoms with van der Waals surface area (Å²) in [5.74, 6) is 1.14. The van der Waals surface area contributed by atoms with E-state index < -0.39 is 0 Å². The van der Waals surface area contributed by atoms with E-state index in [2.05, 4.69) is 29.4 Å². The second-order valence-corrected chi connectivity index (χ2v) is 5.65. The molecule has 1 aromatic carbocycles. The molecule has 2 rings (SSSR count). The maximum absolute atomic E-state index is 11.8. The third-order valence-corrected chi connectivity index (χ3v) is 4.07. The number of rotatable bonds is 5. The molecule has 5 heteroatoms. The fourth-order valence-corrected chi connectivity index (χ4v) is 2.76. The van der Waals surface area contributed by atoms with Crippen molar-refractivity contribution in [2.45, 2.75) is 12.7 Å². The first kappa shape index (κ1) is 14.9. The van der Waals surface area contributed by atoms with Gasteiger partial charge in [0.1, 0.15) is 0 Å². The van der Waals surface area contributed by atoms with Crippen molar-refractivity contribution in [1.82, 2.24) is 4.98 Å². The van der Waals surface area contributed by atoms with Crippen LogP contribution in [0.5, 0.6) is 0 Å². The molecule has 1 aromatic heterocycles. The smallest absolute Gasteiger partial charge is 0.234 e. The number of nitrogens with one attached hydrogen (secondary N) is 1. The SMILES string of the molecule is Cc1ccccc1CSCC(=O)Nc1cccnc1Cl. The van der Waals surface area contributed by atoms with Crippen molar-refractivity contribution < 1.29 is 4.79 Å². The number of pyridine rings is 1. The fourth-order valence-electron chi connectivity index (χ4n) is 1.69. The lowest BCUT2D eigenvalue weighted by atomic mass is 10.1. The molecule has 0 aliphatic heterocycles. The Bertz CT molecular complexity index is 604. The monoisotopic (exact) mass is 306 g/mol. The van der Waals surface area contributed by atoms with Gasteiger partial charge in [0.15, 0.2) is 5.15 Å². The predicted octanol–water partition coefficient (Wildman–Crippen LogP) is 3.92. The molecule has 1 heterocycles. The van der Waals surface area contributed by atoms with Gasteiger partial charge in [0, 0.05) is 11.9 Å². The molecule has 1 N–H and O–H groups in total. The summed E-state index contributed by atoms with van der Waals surface area (Å²) in [6, 6.07) is 11.7. The maximum atomic E-state index is 11.8. The van der Waals surface area contributed by atoms with Crippen molar-refractivity contribution in [2.75, 3.05) is 11.1 Å². The summed E-state index contributed by atoms with van der Waals surface area (Å²) in [5, 5.41) is 3.07. The molecule has 20 heavy (non-hydrogen) atoms. The van der Waals surface area contributed by atoms with Crippen LogP contribution < -0.4 is 5.32 Å². The second-order valence-electron chi connectivity index (χ2n) is 4.31. The Kier molecular flexibility index (Phi) is 5.44. The Hall–Kier alpha value is -1.52. The molecule has 0 saturated carbocycles. The molecule has 0 aliphatic rings. The van der Waals surface area contributed by atoms with Gasteiger partial charge >= 0.3 is 0 Å². The molecule has 0 fully saturated rings. The van der Waals surface area contributed by atoms with Crippen LogP contribution in [-0.2, 0) is 10.5 Å². The van der Waals surface area contributed by atoms with Gasteiger partial charge in [0.2, 0.25) is 5.91 Å². The fraction of sp³-hybridized carbons (Fsp3) is 0.200. The molecule has 3 nitrogen and oxygen atoms in total. The molecule has 0 saturated heterocycles. The third kappa shape index (κ3) is 4.25. The first-order chi connectivity index (χ1) is 9.66. The van der Waals surface area contributed by atoms with Gasteiger partial charge in [-0.2, -0.15) is 0 Å². The van der Waals surface area contributed by atoms with Crippen LogP contribution in [0.2, 0.25) is 5.15 Å². The number of aryl methyl sites for hydroxylation is 1. The van der Waals surface area contributed by atoms with E-state index in [9.17, 15) is 4.79 Å². The largest absolute Gasteiger partial charge is 0.323 e. The van der Waals surface area contributed by atoms with Crippen LogP contribution >= 0.6 is 23.4 Å². The molecule has 0 radical (unpaired) electrons. The molecule has 2 aromatic rings. The normalized spacial score (nSPS) is 10.3. The highest BCUT2D eigenvalue weighted by molar-refractivity contribution is 7.99. The van der Waals surface area contributed by atoms with E-state index in [1.807, 2.05) is 12.1 Å². The summed E-state index contributed by atoms with van der Waals surface area (Å²) in [7, 11) is 0. The minimum absolute atomic E-state index is 0.0708. The highest BCUT2D eigenvalue weighted by Gasteiger charge is 2.06. The number of hydrogen-bond acceptors (Lipinski definition) is 3. The zero-order valence-corrected chi connectivity index (χ0v) is 12.7. The summed E-state index contributed by atoms with van der Waals surface area (Å²) in [4.78, 5) is 15.7. The highest BCUT2D eigenvalue weighted by atomic mass is 35.5. The number of carbonyl (C=O) groups is 1. The summed E-state index contributed by atoms with van der Waals surface area (Å²) in [6.07, 6.45) is 1.59. The number of benzene rings is 1. The number of thioether (sulfide) groups is 1. The van der Waals surface area contributed by atoms with E-state index >= 15 is 0 Å². The van der Waals surface area contributed by atoms with Crippen molar-refractivity contribution in [3.63, 3.8) is 0 Å². The molecule has 0 aliphatic carbocycles. The minimum Gasteiger partial charge on any atom is -0.323 e. The number of halogens is 1. The van der Waals surface area contributed by atoms with Gasteiger partial charge < -0.3 is 5.32 Å². The zero-order chi connectivity index (χ0) is 14.4. The van der Waals surface area contributed by atoms with Gasteiger partial charge in [0.05, 0.1) is 11.4 Å². The number of carbonyl (C=O) groups excluding carboxylic acids is 1. The average Bonchev–Trinajstić information content (AvgIpc) is 2.43. The van der Waals surface area contributed by atoms with E-state index in [0.717, 1.165) is 5.75 Å². The van der Waals surface area contributed by atoms with E-state index in [1.165, 1.54) is 11.1 Å². The van der Waals surface area contributed by atoms with Crippen LogP contribution in [0.25, 0.3) is 0 Å². The number of aromatic nitrogens is 1. The Morgan fingerprint density at radius 3 is 2.85 bits per heavy atom. The standard InChI is InChI=1S/C15H15ClN2OS/c1-11-5-2-3-6-12(11)9-20-10-14(19)18-13-7-4-8-17-15(13)16/h2-8H,9-10H2,1H3,(H,18,19). The van der Waals surface area contributed by atoms with Crippen molar-refractivity contribution in [2.24, 2.45) is 0 Å². The van der Waals surface area contributed by atoms with Gasteiger partial charge in [0.25, 0.3) is 0 Å². The summed E-state index contributed by atoms with van der Waals surface area (Å²) >= 11 is 7.46. The van der Waals surface area contributed by atoms with Gasteiger partial charge in [-0.25, -0.2) is 4.98 Å². The van der Waals surface area contributed by atoms with Crippen LogP contribution in [-0.4, -0.2) is 16.6 Å². The van der Waals surface area contributed by atoms with Crippen molar-refractivity contribution in [3.05, 3.63) is 58.9 Å². The summed E-state index contributed by atoms with van der Waals surface area (Å²) < 4.78 is 0. The minimum atomic E-state index is -0.0708. The molecule has 0 unspecified atom stereocenters. The maximum Gasteiger partial charge on any atom is 0.234 e. The van der Waals surface area contributed by atoms with Crippen LogP contribution in [0.4, 0.5) is 5.69 Å². The Morgan fingerprint density at radius 1 is 1.30 bits per heavy atom. The van der Waals surface area contributed by atoms with E-state index in [1.54, 1.807) is 30.1 Å². The number of nitrogens with zero attached hydrogens (tertiary/aromatic N) is 1. The first-order valence-corrected chi connectivity index (χ1v) is 7.72. The lowest BCUT2D eigenvalue weighted by Gasteiger charge is -2.07. The molecule has 1 amide bonds. The Labute approximate surface area is 127 Å². The van der Waals surface area contributed by atoms with Crippen LogP contribution in [0.15, 0.2) is 42.6 Å². The molecular formula is C15H15ClN2OS. The van der Waals surface area contributed by atoms with E-state index in [4.69, 9.17) is 11.6 Å². The highest BCUT2D eigenvalue weighted by Crippen LogP contribution is 2.19. The number of anilines is 1. The lowest BCUT2D eigenvalue weighted by Crippen LogP contribution is -2.14. The second kappa shape index (κ2) is 7.31. The van der Waals surface area contributed by atoms with Crippen molar-refractivity contribution in [3.8, 4) is 0 Å². The van der Waals surface area contributed by atoms with Gasteiger partial charge in [-0.05, 0) is 30.2 Å². The zero-order valence-electron chi connectivity index (χ0n) is 11.1. The summed E-state index contributed by atoms with van der Waals surface area (Å²) in [6.45, 7) is 2.07. The van der Waals surface area contributed by atoms with Gasteiger partial charge in [-0.3, -0.25) is 4.79 Å². The lowest BCUT2D eigenvalue weighted by molar-refractivity contribution is -0.113. The number of amides is 1. The van der Waals surface area contributed by atoms with Crippen molar-refractivity contribution >= 4 is 35.0 Å². The first-order valence-electron chi connectivity index (χ1n) is 6.19. The topological polar surface area (TPSA) is 42.0 Å². The predicted molar refractivity (Wildman–Crippen MR) is 85.2 cm³/mol. The summed E-state index contributed by atoms with van der Waals surface area (Å²) in [5.41, 5.74) is 3.05. The Balaban J connectivity index is 1.82. The molecular weight excluding hydrogens is 292 g/mol. The van der Waals surface area contributed by atoms with Gasteiger partial charge in [-0.15, -0.1) is 11.8 Å². The quantitative estimate of drug-likeness (QED) is 0.851. The van der Waals surface area contributed by atoms with Gasteiger partial charge in [-0.1, -0.05) is 35.9 Å². The molecule has 0 atom stereocenters. The molecule has 104 valence electrons. The Morgan fingerprint density at radius 2 is 2.10 bits per heavy atom. The van der Waals surface area contributed by atoms with Crippen molar-refractivity contribution in [1.29, 1.82) is 0 Å². The van der Waals surface area contributed by atoms with Crippen LogP contribution in [0, 0.1) is 6.92 Å². The van der Waals surface area contributed by atoms with Crippen LogP contribution in [0.1, 0.15) is 11.1 Å². The van der Waals surface area contributed by atoms with E-state index in [0.29, 0.717) is 16.6 Å². The number of hydrogen-bond donors (Lipinski definition) is 1. The van der Waals surface area contributed by atoms with E-state index in [-0.39, 0.29) is 5.91 Å². The average molecular weight is 307 g/mol.